The van der Waals surface area contributed by atoms with Gasteiger partial charge in [-0.25, -0.2) is 0 Å². The van der Waals surface area contributed by atoms with Crippen molar-refractivity contribution in [2.24, 2.45) is 11.7 Å². The molecule has 5 atom stereocenters. The Hall–Kier alpha value is -0.690. The van der Waals surface area contributed by atoms with E-state index in [0.717, 1.165) is 0 Å². The molecule has 1 aliphatic rings. The Kier molecular flexibility index (Phi) is 4.26. The number of amides is 1. The van der Waals surface area contributed by atoms with Gasteiger partial charge < -0.3 is 25.8 Å². The molecular formula is C10H19NO5. The van der Waals surface area contributed by atoms with Crippen molar-refractivity contribution >= 4 is 5.91 Å². The Morgan fingerprint density at radius 3 is 2.25 bits per heavy atom. The van der Waals surface area contributed by atoms with Crippen LogP contribution in [0.4, 0.5) is 0 Å². The van der Waals surface area contributed by atoms with Crippen molar-refractivity contribution in [3.8, 4) is 0 Å². The molecule has 1 rings (SSSR count). The van der Waals surface area contributed by atoms with Crippen molar-refractivity contribution in [3.05, 3.63) is 0 Å². The fourth-order valence-electron chi connectivity index (χ4n) is 1.85. The van der Waals surface area contributed by atoms with E-state index >= 15 is 0 Å². The number of hydrogen-bond acceptors (Lipinski definition) is 5. The standard InChI is InChI=1S/C10H19NO5/c1-4(2)3-5-6(12)7(13)8(14)9(16-5)10(11)15/h4-9,12-14H,3H2,1-2H3,(H2,11,15). The summed E-state index contributed by atoms with van der Waals surface area (Å²) in [6.07, 6.45) is -5.55. The molecule has 1 fully saturated rings. The number of primary amides is 1. The SMILES string of the molecule is CC(C)CC1OC(C(N)=O)C(O)C(O)C1O. The molecule has 1 saturated heterocycles. The van der Waals surface area contributed by atoms with E-state index in [1.54, 1.807) is 0 Å². The first kappa shape index (κ1) is 13.4. The predicted octanol–water partition coefficient (Wildman–Crippen LogP) is -1.63. The van der Waals surface area contributed by atoms with Gasteiger partial charge in [0.15, 0.2) is 6.10 Å². The van der Waals surface area contributed by atoms with Crippen LogP contribution in [-0.2, 0) is 9.53 Å². The van der Waals surface area contributed by atoms with Crippen LogP contribution in [0.5, 0.6) is 0 Å². The third kappa shape index (κ3) is 2.70. The van der Waals surface area contributed by atoms with Gasteiger partial charge in [0, 0.05) is 0 Å². The highest BCUT2D eigenvalue weighted by atomic mass is 16.5. The van der Waals surface area contributed by atoms with Gasteiger partial charge in [-0.2, -0.15) is 0 Å². The van der Waals surface area contributed by atoms with Crippen molar-refractivity contribution in [1.29, 1.82) is 0 Å². The van der Waals surface area contributed by atoms with E-state index in [9.17, 15) is 20.1 Å². The van der Waals surface area contributed by atoms with Crippen LogP contribution in [0.2, 0.25) is 0 Å². The zero-order chi connectivity index (χ0) is 12.5. The lowest BCUT2D eigenvalue weighted by Crippen LogP contribution is -2.61. The van der Waals surface area contributed by atoms with Gasteiger partial charge in [-0.15, -0.1) is 0 Å². The molecule has 0 aromatic carbocycles. The van der Waals surface area contributed by atoms with E-state index in [4.69, 9.17) is 10.5 Å². The first-order valence-electron chi connectivity index (χ1n) is 5.33. The van der Waals surface area contributed by atoms with Crippen LogP contribution < -0.4 is 5.73 Å². The van der Waals surface area contributed by atoms with Crippen LogP contribution in [0.15, 0.2) is 0 Å². The highest BCUT2D eigenvalue weighted by Crippen LogP contribution is 2.25. The van der Waals surface area contributed by atoms with Crippen molar-refractivity contribution in [3.63, 3.8) is 0 Å². The molecule has 0 aromatic heterocycles. The minimum absolute atomic E-state index is 0.232. The summed E-state index contributed by atoms with van der Waals surface area (Å²) in [7, 11) is 0. The van der Waals surface area contributed by atoms with Crippen molar-refractivity contribution < 1.29 is 24.9 Å². The van der Waals surface area contributed by atoms with Crippen molar-refractivity contribution in [2.75, 3.05) is 0 Å². The molecule has 0 saturated carbocycles. The molecule has 1 amide bonds. The maximum Gasteiger partial charge on any atom is 0.249 e. The summed E-state index contributed by atoms with van der Waals surface area (Å²) in [6, 6.07) is 0. The Balaban J connectivity index is 2.77. The molecule has 1 heterocycles. The first-order chi connectivity index (χ1) is 7.34. The van der Waals surface area contributed by atoms with Crippen LogP contribution in [-0.4, -0.2) is 51.7 Å². The van der Waals surface area contributed by atoms with E-state index < -0.39 is 36.4 Å². The van der Waals surface area contributed by atoms with Gasteiger partial charge in [-0.05, 0) is 12.3 Å². The minimum atomic E-state index is -1.48. The molecular weight excluding hydrogens is 214 g/mol. The van der Waals surface area contributed by atoms with Crippen LogP contribution in [0.25, 0.3) is 0 Å². The zero-order valence-corrected chi connectivity index (χ0v) is 9.41. The van der Waals surface area contributed by atoms with Crippen LogP contribution >= 0.6 is 0 Å². The molecule has 0 spiro atoms. The Morgan fingerprint density at radius 2 is 1.81 bits per heavy atom. The number of ether oxygens (including phenoxy) is 1. The fraction of sp³-hybridized carbons (Fsp3) is 0.900. The number of rotatable bonds is 3. The van der Waals surface area contributed by atoms with Crippen LogP contribution in [0, 0.1) is 5.92 Å². The summed E-state index contributed by atoms with van der Waals surface area (Å²) in [5.74, 6) is -0.608. The molecule has 16 heavy (non-hydrogen) atoms. The Labute approximate surface area is 94.0 Å². The van der Waals surface area contributed by atoms with E-state index in [1.807, 2.05) is 13.8 Å². The first-order valence-corrected chi connectivity index (χ1v) is 5.33. The van der Waals surface area contributed by atoms with Gasteiger partial charge in [-0.3, -0.25) is 4.79 Å². The van der Waals surface area contributed by atoms with Gasteiger partial charge in [0.25, 0.3) is 0 Å². The smallest absolute Gasteiger partial charge is 0.249 e. The molecule has 6 heteroatoms. The average molecular weight is 233 g/mol. The summed E-state index contributed by atoms with van der Waals surface area (Å²) in [6.45, 7) is 3.85. The largest absolute Gasteiger partial charge is 0.388 e. The molecule has 0 aromatic rings. The van der Waals surface area contributed by atoms with Crippen molar-refractivity contribution in [2.45, 2.75) is 50.8 Å². The average Bonchev–Trinajstić information content (AvgIpc) is 2.18. The highest BCUT2D eigenvalue weighted by molar-refractivity contribution is 5.79. The number of carbonyl (C=O) groups excluding carboxylic acids is 1. The summed E-state index contributed by atoms with van der Waals surface area (Å²) < 4.78 is 5.22. The molecule has 94 valence electrons. The number of hydrogen-bond donors (Lipinski definition) is 4. The van der Waals surface area contributed by atoms with Crippen molar-refractivity contribution in [1.82, 2.24) is 0 Å². The van der Waals surface area contributed by atoms with Gasteiger partial charge in [-0.1, -0.05) is 13.8 Å². The van der Waals surface area contributed by atoms with E-state index in [-0.39, 0.29) is 5.92 Å². The number of nitrogens with two attached hydrogens (primary N) is 1. The maximum atomic E-state index is 11.0. The molecule has 5 unspecified atom stereocenters. The summed E-state index contributed by atoms with van der Waals surface area (Å²) in [5.41, 5.74) is 5.04. The molecule has 6 nitrogen and oxygen atoms in total. The van der Waals surface area contributed by atoms with Crippen LogP contribution in [0.3, 0.4) is 0 Å². The molecule has 0 radical (unpaired) electrons. The zero-order valence-electron chi connectivity index (χ0n) is 9.41. The van der Waals surface area contributed by atoms with Gasteiger partial charge in [0.2, 0.25) is 5.91 Å². The third-order valence-electron chi connectivity index (χ3n) is 2.70. The Bertz CT molecular complexity index is 258. The topological polar surface area (TPSA) is 113 Å². The molecule has 0 bridgehead atoms. The quantitative estimate of drug-likeness (QED) is 0.467. The van der Waals surface area contributed by atoms with Crippen LogP contribution in [0.1, 0.15) is 20.3 Å². The lowest BCUT2D eigenvalue weighted by atomic mass is 9.90. The molecule has 5 N–H and O–H groups in total. The second kappa shape index (κ2) is 5.09. The lowest BCUT2D eigenvalue weighted by molar-refractivity contribution is -0.222. The Morgan fingerprint density at radius 1 is 1.25 bits per heavy atom. The van der Waals surface area contributed by atoms with E-state index in [2.05, 4.69) is 0 Å². The van der Waals surface area contributed by atoms with Gasteiger partial charge >= 0.3 is 0 Å². The van der Waals surface area contributed by atoms with E-state index in [0.29, 0.717) is 6.42 Å². The summed E-state index contributed by atoms with van der Waals surface area (Å²) in [5, 5.41) is 28.7. The second-order valence-electron chi connectivity index (χ2n) is 4.60. The number of aliphatic hydroxyl groups excluding tert-OH is 3. The van der Waals surface area contributed by atoms with Gasteiger partial charge in [0.1, 0.15) is 18.3 Å². The molecule has 1 aliphatic heterocycles. The second-order valence-corrected chi connectivity index (χ2v) is 4.60. The van der Waals surface area contributed by atoms with E-state index in [1.165, 1.54) is 0 Å². The minimum Gasteiger partial charge on any atom is -0.388 e. The number of carbonyl (C=O) groups is 1. The fourth-order valence-corrected chi connectivity index (χ4v) is 1.85. The maximum absolute atomic E-state index is 11.0. The summed E-state index contributed by atoms with van der Waals surface area (Å²) >= 11 is 0. The monoisotopic (exact) mass is 233 g/mol. The molecule has 0 aliphatic carbocycles. The number of aliphatic hydroxyl groups is 3. The predicted molar refractivity (Wildman–Crippen MR) is 55.3 cm³/mol. The lowest BCUT2D eigenvalue weighted by Gasteiger charge is -2.40. The van der Waals surface area contributed by atoms with Gasteiger partial charge in [0.05, 0.1) is 6.10 Å². The normalized spacial score (nSPS) is 40.0. The third-order valence-corrected chi connectivity index (χ3v) is 2.70. The summed E-state index contributed by atoms with van der Waals surface area (Å²) in [4.78, 5) is 11.0. The highest BCUT2D eigenvalue weighted by Gasteiger charge is 2.45.